The lowest BCUT2D eigenvalue weighted by Gasteiger charge is -2.47. The van der Waals surface area contributed by atoms with Crippen molar-refractivity contribution >= 4 is 11.7 Å². The minimum absolute atomic E-state index is 0.00366. The number of hydrogen-bond donors (Lipinski definition) is 2. The molecule has 6 nitrogen and oxygen atoms in total. The first-order valence-corrected chi connectivity index (χ1v) is 6.96. The highest BCUT2D eigenvalue weighted by Crippen LogP contribution is 2.43. The molecule has 0 radical (unpaired) electrons. The maximum Gasteiger partial charge on any atom is 0.236 e. The van der Waals surface area contributed by atoms with Crippen LogP contribution in [0.2, 0.25) is 0 Å². The van der Waals surface area contributed by atoms with Crippen LogP contribution in [0.1, 0.15) is 39.5 Å². The van der Waals surface area contributed by atoms with Crippen LogP contribution in [0.5, 0.6) is 0 Å². The Kier molecular flexibility index (Phi) is 3.99. The van der Waals surface area contributed by atoms with E-state index in [2.05, 4.69) is 5.16 Å². The number of morpholine rings is 1. The van der Waals surface area contributed by atoms with Crippen LogP contribution in [0, 0.1) is 5.41 Å². The number of hydrogen-bond acceptors (Lipinski definition) is 4. The lowest BCUT2D eigenvalue weighted by Crippen LogP contribution is -2.61. The molecule has 3 N–H and O–H groups in total. The van der Waals surface area contributed by atoms with Crippen molar-refractivity contribution < 1.29 is 14.7 Å². The molecule has 2 fully saturated rings. The Balaban J connectivity index is 2.21. The first kappa shape index (κ1) is 14.1. The number of amides is 1. The molecule has 108 valence electrons. The van der Waals surface area contributed by atoms with Gasteiger partial charge in [0, 0.05) is 6.54 Å². The molecule has 1 heterocycles. The van der Waals surface area contributed by atoms with Crippen LogP contribution in [0.4, 0.5) is 0 Å². The maximum absolute atomic E-state index is 12.8. The van der Waals surface area contributed by atoms with Gasteiger partial charge in [-0.25, -0.2) is 0 Å². The Morgan fingerprint density at radius 2 is 2.26 bits per heavy atom. The summed E-state index contributed by atoms with van der Waals surface area (Å²) in [4.78, 5) is 14.7. The van der Waals surface area contributed by atoms with Crippen molar-refractivity contribution in [3.63, 3.8) is 0 Å². The summed E-state index contributed by atoms with van der Waals surface area (Å²) < 4.78 is 5.61. The van der Waals surface area contributed by atoms with E-state index in [4.69, 9.17) is 15.7 Å². The van der Waals surface area contributed by atoms with Gasteiger partial charge in [0.15, 0.2) is 5.84 Å². The highest BCUT2D eigenvalue weighted by atomic mass is 16.5. The van der Waals surface area contributed by atoms with Crippen LogP contribution >= 0.6 is 0 Å². The van der Waals surface area contributed by atoms with Gasteiger partial charge in [0.1, 0.15) is 5.41 Å². The lowest BCUT2D eigenvalue weighted by atomic mass is 9.66. The van der Waals surface area contributed by atoms with Crippen molar-refractivity contribution in [2.24, 2.45) is 16.3 Å². The molecule has 6 heteroatoms. The molecule has 1 saturated carbocycles. The number of oxime groups is 1. The van der Waals surface area contributed by atoms with Crippen molar-refractivity contribution in [2.75, 3.05) is 13.2 Å². The van der Waals surface area contributed by atoms with Crippen LogP contribution in [0.25, 0.3) is 0 Å². The van der Waals surface area contributed by atoms with Crippen molar-refractivity contribution in [2.45, 2.75) is 51.7 Å². The molecule has 1 saturated heterocycles. The van der Waals surface area contributed by atoms with Crippen LogP contribution in [0.15, 0.2) is 5.16 Å². The van der Waals surface area contributed by atoms with E-state index >= 15 is 0 Å². The fourth-order valence-corrected chi connectivity index (χ4v) is 2.91. The average Bonchev–Trinajstić information content (AvgIpc) is 2.36. The molecule has 0 aromatic heterocycles. The van der Waals surface area contributed by atoms with E-state index in [0.29, 0.717) is 26.0 Å². The smallest absolute Gasteiger partial charge is 0.236 e. The molecule has 0 bridgehead atoms. The molecule has 1 amide bonds. The Bertz CT molecular complexity index is 379. The summed E-state index contributed by atoms with van der Waals surface area (Å²) >= 11 is 0. The van der Waals surface area contributed by atoms with Crippen LogP contribution in [-0.2, 0) is 9.53 Å². The van der Waals surface area contributed by atoms with Gasteiger partial charge in [-0.05, 0) is 26.2 Å². The zero-order chi connectivity index (χ0) is 14.0. The summed E-state index contributed by atoms with van der Waals surface area (Å²) in [5, 5.41) is 12.0. The van der Waals surface area contributed by atoms with Gasteiger partial charge >= 0.3 is 0 Å². The summed E-state index contributed by atoms with van der Waals surface area (Å²) in [6, 6.07) is 0.0904. The van der Waals surface area contributed by atoms with Gasteiger partial charge < -0.3 is 20.6 Å². The molecule has 19 heavy (non-hydrogen) atoms. The van der Waals surface area contributed by atoms with Gasteiger partial charge in [-0.15, -0.1) is 0 Å². The molecule has 0 aromatic rings. The third-order valence-corrected chi connectivity index (χ3v) is 4.41. The van der Waals surface area contributed by atoms with E-state index in [9.17, 15) is 4.79 Å². The molecular weight excluding hydrogens is 246 g/mol. The largest absolute Gasteiger partial charge is 0.409 e. The van der Waals surface area contributed by atoms with Crippen molar-refractivity contribution in [1.82, 2.24) is 4.90 Å². The van der Waals surface area contributed by atoms with Gasteiger partial charge in [0.05, 0.1) is 18.8 Å². The zero-order valence-electron chi connectivity index (χ0n) is 11.6. The number of amidine groups is 1. The topological polar surface area (TPSA) is 88.2 Å². The molecule has 2 unspecified atom stereocenters. The number of nitrogens with two attached hydrogens (primary N) is 1. The highest BCUT2D eigenvalue weighted by molar-refractivity contribution is 6.07. The van der Waals surface area contributed by atoms with Crippen molar-refractivity contribution in [3.05, 3.63) is 0 Å². The van der Waals surface area contributed by atoms with Crippen molar-refractivity contribution in [1.29, 1.82) is 0 Å². The molecule has 1 aliphatic heterocycles. The van der Waals surface area contributed by atoms with Crippen molar-refractivity contribution in [3.8, 4) is 0 Å². The second-order valence-electron chi connectivity index (χ2n) is 5.58. The minimum Gasteiger partial charge on any atom is -0.409 e. The second-order valence-corrected chi connectivity index (χ2v) is 5.58. The molecule has 1 aliphatic carbocycles. The monoisotopic (exact) mass is 269 g/mol. The highest BCUT2D eigenvalue weighted by Gasteiger charge is 2.51. The maximum atomic E-state index is 12.8. The number of nitrogens with zero attached hydrogens (tertiary/aromatic N) is 2. The van der Waals surface area contributed by atoms with E-state index < -0.39 is 5.41 Å². The van der Waals surface area contributed by atoms with Gasteiger partial charge in [0.2, 0.25) is 5.91 Å². The molecule has 2 atom stereocenters. The van der Waals surface area contributed by atoms with E-state index in [1.807, 2.05) is 18.7 Å². The number of carbonyl (C=O) groups is 1. The standard InChI is InChI=1S/C13H23N3O3/c1-3-10-8-19-9(2)7-16(10)12(17)13(5-4-6-13)11(14)15-18/h9-10,18H,3-8H2,1-2H3,(H2,14,15). The van der Waals surface area contributed by atoms with Gasteiger partial charge in [-0.3, -0.25) is 4.79 Å². The van der Waals surface area contributed by atoms with E-state index in [0.717, 1.165) is 12.8 Å². The summed E-state index contributed by atoms with van der Waals surface area (Å²) in [6.45, 7) is 5.15. The first-order valence-electron chi connectivity index (χ1n) is 6.96. The summed E-state index contributed by atoms with van der Waals surface area (Å²) in [5.41, 5.74) is 4.99. The minimum atomic E-state index is -0.779. The fraction of sp³-hybridized carbons (Fsp3) is 0.846. The molecular formula is C13H23N3O3. The SMILES string of the molecule is CCC1COC(C)CN1C(=O)C1(C(N)=NO)CCC1. The predicted molar refractivity (Wildman–Crippen MR) is 70.9 cm³/mol. The van der Waals surface area contributed by atoms with Crippen LogP contribution in [0.3, 0.4) is 0 Å². The van der Waals surface area contributed by atoms with Crippen LogP contribution < -0.4 is 5.73 Å². The Labute approximate surface area is 113 Å². The molecule has 2 aliphatic rings. The zero-order valence-corrected chi connectivity index (χ0v) is 11.6. The molecule has 2 rings (SSSR count). The van der Waals surface area contributed by atoms with Gasteiger partial charge in [-0.1, -0.05) is 18.5 Å². The number of ether oxygens (including phenoxy) is 1. The van der Waals surface area contributed by atoms with E-state index in [1.165, 1.54) is 0 Å². The summed E-state index contributed by atoms with van der Waals surface area (Å²) in [5.74, 6) is 0.0498. The Hall–Kier alpha value is -1.30. The average molecular weight is 269 g/mol. The van der Waals surface area contributed by atoms with E-state index in [1.54, 1.807) is 0 Å². The number of carbonyl (C=O) groups excluding carboxylic acids is 1. The fourth-order valence-electron chi connectivity index (χ4n) is 2.91. The summed E-state index contributed by atoms with van der Waals surface area (Å²) in [7, 11) is 0. The normalized spacial score (nSPS) is 30.8. The quantitative estimate of drug-likeness (QED) is 0.345. The van der Waals surface area contributed by atoms with Gasteiger partial charge in [-0.2, -0.15) is 0 Å². The second kappa shape index (κ2) is 5.36. The molecule has 0 aromatic carbocycles. The summed E-state index contributed by atoms with van der Waals surface area (Å²) in [6.07, 6.45) is 3.17. The van der Waals surface area contributed by atoms with E-state index in [-0.39, 0.29) is 23.9 Å². The first-order chi connectivity index (χ1) is 9.05. The Morgan fingerprint density at radius 1 is 1.58 bits per heavy atom. The third-order valence-electron chi connectivity index (χ3n) is 4.41. The molecule has 0 spiro atoms. The predicted octanol–water partition coefficient (Wildman–Crippen LogP) is 0.929. The lowest BCUT2D eigenvalue weighted by molar-refractivity contribution is -0.155. The Morgan fingerprint density at radius 3 is 2.74 bits per heavy atom. The third kappa shape index (κ3) is 2.29. The van der Waals surface area contributed by atoms with Gasteiger partial charge in [0.25, 0.3) is 0 Å². The number of rotatable bonds is 3. The van der Waals surface area contributed by atoms with Crippen LogP contribution in [-0.4, -0.2) is 47.1 Å².